The molecule has 1 aromatic carbocycles. The van der Waals surface area contributed by atoms with Crippen LogP contribution in [0.5, 0.6) is 0 Å². The first kappa shape index (κ1) is 15.8. The van der Waals surface area contributed by atoms with Gasteiger partial charge in [-0.15, -0.1) is 0 Å². The first-order chi connectivity index (χ1) is 10.7. The smallest absolute Gasteiger partial charge is 0.163 e. The van der Waals surface area contributed by atoms with Crippen LogP contribution in [0.3, 0.4) is 0 Å². The monoisotopic (exact) mass is 310 g/mol. The lowest BCUT2D eigenvalue weighted by Crippen LogP contribution is -2.43. The van der Waals surface area contributed by atoms with Gasteiger partial charge < -0.3 is 5.11 Å². The summed E-state index contributed by atoms with van der Waals surface area (Å²) in [5, 5.41) is 9.43. The largest absolute Gasteiger partial charge is 0.395 e. The average Bonchev–Trinajstić information content (AvgIpc) is 3.14. The van der Waals surface area contributed by atoms with E-state index in [1.165, 1.54) is 0 Å². The maximum atomic E-state index is 13.9. The Bertz CT molecular complexity index is 511. The van der Waals surface area contributed by atoms with Gasteiger partial charge in [-0.2, -0.15) is 0 Å². The van der Waals surface area contributed by atoms with Gasteiger partial charge in [0.15, 0.2) is 11.6 Å². The molecule has 2 saturated heterocycles. The topological polar surface area (TPSA) is 26.7 Å². The summed E-state index contributed by atoms with van der Waals surface area (Å²) >= 11 is 0. The van der Waals surface area contributed by atoms with Crippen molar-refractivity contribution in [2.45, 2.75) is 44.3 Å². The third-order valence-corrected chi connectivity index (χ3v) is 5.06. The van der Waals surface area contributed by atoms with Crippen molar-refractivity contribution in [1.82, 2.24) is 9.80 Å². The van der Waals surface area contributed by atoms with Gasteiger partial charge in [0, 0.05) is 30.7 Å². The Morgan fingerprint density at radius 3 is 2.55 bits per heavy atom. The number of hydrogen-bond acceptors (Lipinski definition) is 3. The third kappa shape index (κ3) is 3.31. The maximum Gasteiger partial charge on any atom is 0.163 e. The van der Waals surface area contributed by atoms with E-state index in [0.29, 0.717) is 18.2 Å². The summed E-state index contributed by atoms with van der Waals surface area (Å²) < 4.78 is 27.2. The van der Waals surface area contributed by atoms with Crippen molar-refractivity contribution in [3.63, 3.8) is 0 Å². The van der Waals surface area contributed by atoms with Crippen molar-refractivity contribution in [1.29, 1.82) is 0 Å². The molecular weight excluding hydrogens is 286 g/mol. The molecular formula is C17H24F2N2O. The molecule has 0 amide bonds. The number of aliphatic hydroxyl groups excluding tert-OH is 1. The van der Waals surface area contributed by atoms with Crippen molar-refractivity contribution in [3.8, 4) is 0 Å². The molecule has 0 spiro atoms. The molecule has 1 aromatic rings. The van der Waals surface area contributed by atoms with Gasteiger partial charge in [-0.3, -0.25) is 9.80 Å². The van der Waals surface area contributed by atoms with Crippen LogP contribution >= 0.6 is 0 Å². The molecule has 2 aliphatic heterocycles. The molecule has 5 heteroatoms. The number of halogens is 2. The first-order valence-electron chi connectivity index (χ1n) is 8.21. The van der Waals surface area contributed by atoms with Crippen LogP contribution in [0.4, 0.5) is 8.78 Å². The lowest BCUT2D eigenvalue weighted by molar-refractivity contribution is 0.119. The molecule has 2 aliphatic rings. The average molecular weight is 310 g/mol. The highest BCUT2D eigenvalue weighted by atomic mass is 19.2. The predicted molar refractivity (Wildman–Crippen MR) is 81.5 cm³/mol. The summed E-state index contributed by atoms with van der Waals surface area (Å²) in [6, 6.07) is 5.04. The zero-order chi connectivity index (χ0) is 15.5. The molecule has 122 valence electrons. The van der Waals surface area contributed by atoms with Gasteiger partial charge in [-0.1, -0.05) is 12.1 Å². The quantitative estimate of drug-likeness (QED) is 0.904. The zero-order valence-electron chi connectivity index (χ0n) is 12.8. The van der Waals surface area contributed by atoms with E-state index < -0.39 is 11.6 Å². The van der Waals surface area contributed by atoms with Crippen molar-refractivity contribution in [2.75, 3.05) is 26.2 Å². The molecule has 0 aromatic heterocycles. The van der Waals surface area contributed by atoms with Crippen LogP contribution in [0.2, 0.25) is 0 Å². The van der Waals surface area contributed by atoms with Crippen LogP contribution in [0.1, 0.15) is 31.2 Å². The lowest BCUT2D eigenvalue weighted by Gasteiger charge is -2.31. The van der Waals surface area contributed by atoms with E-state index >= 15 is 0 Å². The summed E-state index contributed by atoms with van der Waals surface area (Å²) in [6.45, 7) is 3.56. The van der Waals surface area contributed by atoms with Crippen LogP contribution < -0.4 is 0 Å². The Hall–Kier alpha value is -1.04. The second kappa shape index (κ2) is 7.02. The summed E-state index contributed by atoms with van der Waals surface area (Å²) in [5.41, 5.74) is 0.437. The molecule has 2 unspecified atom stereocenters. The van der Waals surface area contributed by atoms with Crippen molar-refractivity contribution in [3.05, 3.63) is 35.4 Å². The molecule has 2 heterocycles. The van der Waals surface area contributed by atoms with E-state index in [2.05, 4.69) is 9.80 Å². The molecule has 3 nitrogen and oxygen atoms in total. The highest BCUT2D eigenvalue weighted by Gasteiger charge is 2.31. The molecule has 2 atom stereocenters. The minimum atomic E-state index is -0.770. The second-order valence-electron chi connectivity index (χ2n) is 6.45. The Morgan fingerprint density at radius 2 is 1.77 bits per heavy atom. The standard InChI is InChI=1S/C17H24F2N2O/c18-16-7-1-4-13(17(16)19)10-20-8-2-5-14(20)11-21-9-3-6-15(21)12-22/h1,4,7,14-15,22H,2-3,5-6,8-12H2. The first-order valence-corrected chi connectivity index (χ1v) is 8.21. The van der Waals surface area contributed by atoms with Gasteiger partial charge >= 0.3 is 0 Å². The summed E-state index contributed by atoms with van der Waals surface area (Å²) in [7, 11) is 0. The SMILES string of the molecule is OCC1CCCN1CC1CCCN1Cc1cccc(F)c1F. The van der Waals surface area contributed by atoms with Gasteiger partial charge in [0.1, 0.15) is 0 Å². The molecule has 3 rings (SSSR count). The number of aliphatic hydroxyl groups is 1. The predicted octanol–water partition coefficient (Wildman–Crippen LogP) is 2.39. The molecule has 2 fully saturated rings. The van der Waals surface area contributed by atoms with E-state index in [4.69, 9.17) is 0 Å². The van der Waals surface area contributed by atoms with Gasteiger partial charge in [-0.05, 0) is 44.8 Å². The number of hydrogen-bond donors (Lipinski definition) is 1. The fourth-order valence-electron chi connectivity index (χ4n) is 3.81. The van der Waals surface area contributed by atoms with Gasteiger partial charge in [-0.25, -0.2) is 8.78 Å². The zero-order valence-corrected chi connectivity index (χ0v) is 12.8. The molecule has 0 radical (unpaired) electrons. The van der Waals surface area contributed by atoms with Crippen LogP contribution in [-0.2, 0) is 6.54 Å². The van der Waals surface area contributed by atoms with E-state index in [-0.39, 0.29) is 12.6 Å². The number of benzene rings is 1. The molecule has 0 saturated carbocycles. The van der Waals surface area contributed by atoms with Gasteiger partial charge in [0.25, 0.3) is 0 Å². The maximum absolute atomic E-state index is 13.9. The van der Waals surface area contributed by atoms with Gasteiger partial charge in [0.2, 0.25) is 0 Å². The third-order valence-electron chi connectivity index (χ3n) is 5.06. The lowest BCUT2D eigenvalue weighted by atomic mass is 10.1. The molecule has 1 N–H and O–H groups in total. The van der Waals surface area contributed by atoms with Crippen LogP contribution in [-0.4, -0.2) is 53.2 Å². The Balaban J connectivity index is 1.64. The minimum Gasteiger partial charge on any atom is -0.395 e. The van der Waals surface area contributed by atoms with E-state index in [9.17, 15) is 13.9 Å². The number of rotatable bonds is 5. The Kier molecular flexibility index (Phi) is 5.06. The molecule has 0 aliphatic carbocycles. The summed E-state index contributed by atoms with van der Waals surface area (Å²) in [4.78, 5) is 4.61. The number of nitrogens with zero attached hydrogens (tertiary/aromatic N) is 2. The fourth-order valence-corrected chi connectivity index (χ4v) is 3.81. The Morgan fingerprint density at radius 1 is 1.05 bits per heavy atom. The Labute approximate surface area is 130 Å². The van der Waals surface area contributed by atoms with Crippen LogP contribution in [0.25, 0.3) is 0 Å². The second-order valence-corrected chi connectivity index (χ2v) is 6.45. The van der Waals surface area contributed by atoms with Crippen molar-refractivity contribution in [2.24, 2.45) is 0 Å². The van der Waals surface area contributed by atoms with E-state index in [0.717, 1.165) is 51.4 Å². The fraction of sp³-hybridized carbons (Fsp3) is 0.647. The normalized spacial score (nSPS) is 26.9. The van der Waals surface area contributed by atoms with Crippen molar-refractivity contribution < 1.29 is 13.9 Å². The summed E-state index contributed by atoms with van der Waals surface area (Å²) in [6.07, 6.45) is 4.38. The molecule has 22 heavy (non-hydrogen) atoms. The highest BCUT2D eigenvalue weighted by Crippen LogP contribution is 2.25. The van der Waals surface area contributed by atoms with E-state index in [1.807, 2.05) is 0 Å². The van der Waals surface area contributed by atoms with Crippen molar-refractivity contribution >= 4 is 0 Å². The van der Waals surface area contributed by atoms with Gasteiger partial charge in [0.05, 0.1) is 6.61 Å². The highest BCUT2D eigenvalue weighted by molar-refractivity contribution is 5.19. The minimum absolute atomic E-state index is 0.214. The molecule has 0 bridgehead atoms. The van der Waals surface area contributed by atoms with Crippen LogP contribution in [0.15, 0.2) is 18.2 Å². The van der Waals surface area contributed by atoms with Crippen LogP contribution in [0, 0.1) is 11.6 Å². The summed E-state index contributed by atoms with van der Waals surface area (Å²) in [5.74, 6) is -1.49. The number of likely N-dealkylation sites (tertiary alicyclic amines) is 2. The van der Waals surface area contributed by atoms with E-state index in [1.54, 1.807) is 12.1 Å².